The van der Waals surface area contributed by atoms with Gasteiger partial charge in [0.2, 0.25) is 0 Å². The van der Waals surface area contributed by atoms with E-state index in [0.29, 0.717) is 10.9 Å². The summed E-state index contributed by atoms with van der Waals surface area (Å²) >= 11 is 6.03. The molecule has 26 heavy (non-hydrogen) atoms. The Morgan fingerprint density at radius 3 is 2.38 bits per heavy atom. The number of amidine groups is 2. The van der Waals surface area contributed by atoms with E-state index in [1.807, 2.05) is 42.5 Å². The summed E-state index contributed by atoms with van der Waals surface area (Å²) in [6, 6.07) is 17.7. The summed E-state index contributed by atoms with van der Waals surface area (Å²) in [6.45, 7) is 2.14. The second kappa shape index (κ2) is 7.10. The Bertz CT molecular complexity index is 992. The Morgan fingerprint density at radius 2 is 1.65 bits per heavy atom. The highest BCUT2D eigenvalue weighted by Gasteiger charge is 2.15. The van der Waals surface area contributed by atoms with Gasteiger partial charge in [0.1, 0.15) is 5.84 Å². The van der Waals surface area contributed by atoms with E-state index in [4.69, 9.17) is 21.6 Å². The predicted octanol–water partition coefficient (Wildman–Crippen LogP) is 5.25. The maximum Gasteiger partial charge on any atom is 0.162 e. The zero-order valence-electron chi connectivity index (χ0n) is 14.3. The van der Waals surface area contributed by atoms with Crippen LogP contribution in [0.5, 0.6) is 0 Å². The molecule has 4 nitrogen and oxygen atoms in total. The van der Waals surface area contributed by atoms with Gasteiger partial charge in [-0.3, -0.25) is 4.98 Å². The summed E-state index contributed by atoms with van der Waals surface area (Å²) in [5, 5.41) is 4.13. The van der Waals surface area contributed by atoms with Crippen molar-refractivity contribution >= 4 is 34.6 Å². The number of nitrogens with one attached hydrogen (secondary N) is 1. The van der Waals surface area contributed by atoms with Crippen LogP contribution in [-0.4, -0.2) is 16.7 Å². The number of hydrogen-bond donors (Lipinski definition) is 1. The van der Waals surface area contributed by atoms with Gasteiger partial charge in [-0.15, -0.1) is 0 Å². The molecule has 0 atom stereocenters. The van der Waals surface area contributed by atoms with Crippen molar-refractivity contribution in [1.82, 2.24) is 4.98 Å². The highest BCUT2D eigenvalue weighted by molar-refractivity contribution is 6.30. The van der Waals surface area contributed by atoms with Crippen molar-refractivity contribution in [1.29, 1.82) is 0 Å². The summed E-state index contributed by atoms with van der Waals surface area (Å²) in [4.78, 5) is 13.7. The standard InChI is InChI=1S/C21H17ClN4/c1-2-14-3-8-18-19(13-14)25-21(16-9-11-23-12-10-16)26-20(24-18)15-4-6-17(22)7-5-15/h3-13H,2H2,1H3,(H,24,25,26). The number of pyridine rings is 1. The second-order valence-electron chi connectivity index (χ2n) is 5.97. The van der Waals surface area contributed by atoms with Crippen LogP contribution >= 0.6 is 11.6 Å². The molecule has 0 aliphatic carbocycles. The first-order valence-corrected chi connectivity index (χ1v) is 8.84. The highest BCUT2D eigenvalue weighted by Crippen LogP contribution is 2.30. The molecule has 0 fully saturated rings. The third-order valence-corrected chi connectivity index (χ3v) is 4.47. The number of aliphatic imine (C=N–C) groups is 2. The zero-order chi connectivity index (χ0) is 17.9. The smallest absolute Gasteiger partial charge is 0.162 e. The molecule has 1 aliphatic rings. The van der Waals surface area contributed by atoms with Crippen LogP contribution < -0.4 is 5.32 Å². The molecular weight excluding hydrogens is 344 g/mol. The van der Waals surface area contributed by atoms with Crippen LogP contribution in [0.15, 0.2) is 77.0 Å². The maximum atomic E-state index is 6.03. The lowest BCUT2D eigenvalue weighted by Gasteiger charge is -2.10. The van der Waals surface area contributed by atoms with Gasteiger partial charge >= 0.3 is 0 Å². The van der Waals surface area contributed by atoms with Crippen LogP contribution in [0, 0.1) is 0 Å². The van der Waals surface area contributed by atoms with Gasteiger partial charge in [-0.2, -0.15) is 0 Å². The summed E-state index contributed by atoms with van der Waals surface area (Å²) in [5.74, 6) is 1.39. The van der Waals surface area contributed by atoms with Gasteiger partial charge < -0.3 is 5.32 Å². The van der Waals surface area contributed by atoms with Gasteiger partial charge in [0.25, 0.3) is 0 Å². The molecule has 3 aromatic rings. The Morgan fingerprint density at radius 1 is 0.885 bits per heavy atom. The minimum atomic E-state index is 0.643. The average molecular weight is 361 g/mol. The first-order chi connectivity index (χ1) is 12.7. The van der Waals surface area contributed by atoms with E-state index < -0.39 is 0 Å². The minimum absolute atomic E-state index is 0.643. The van der Waals surface area contributed by atoms with Gasteiger partial charge in [0.05, 0.1) is 11.4 Å². The van der Waals surface area contributed by atoms with E-state index in [1.165, 1.54) is 5.56 Å². The fraction of sp³-hybridized carbons (Fsp3) is 0.0952. The van der Waals surface area contributed by atoms with Gasteiger partial charge in [-0.25, -0.2) is 9.98 Å². The molecule has 1 aromatic heterocycles. The SMILES string of the molecule is CCc1ccc2c(c1)NC(c1ccncc1)=NC(c1ccc(Cl)cc1)=N2. The molecule has 0 bridgehead atoms. The van der Waals surface area contributed by atoms with Crippen molar-refractivity contribution in [2.45, 2.75) is 13.3 Å². The molecule has 2 aromatic carbocycles. The first kappa shape index (κ1) is 16.5. The molecule has 0 radical (unpaired) electrons. The van der Waals surface area contributed by atoms with Crippen LogP contribution in [0.1, 0.15) is 23.6 Å². The van der Waals surface area contributed by atoms with Crippen molar-refractivity contribution < 1.29 is 0 Å². The lowest BCUT2D eigenvalue weighted by atomic mass is 10.1. The minimum Gasteiger partial charge on any atom is -0.338 e. The maximum absolute atomic E-state index is 6.03. The molecule has 128 valence electrons. The van der Waals surface area contributed by atoms with Crippen molar-refractivity contribution in [3.63, 3.8) is 0 Å². The summed E-state index contributed by atoms with van der Waals surface area (Å²) in [5.41, 5.74) is 4.92. The van der Waals surface area contributed by atoms with E-state index >= 15 is 0 Å². The molecule has 0 amide bonds. The van der Waals surface area contributed by atoms with E-state index in [-0.39, 0.29) is 0 Å². The Kier molecular flexibility index (Phi) is 4.50. The van der Waals surface area contributed by atoms with E-state index in [9.17, 15) is 0 Å². The molecule has 0 unspecified atom stereocenters. The number of hydrogen-bond acceptors (Lipinski definition) is 4. The monoisotopic (exact) mass is 360 g/mol. The largest absolute Gasteiger partial charge is 0.338 e. The summed E-state index contributed by atoms with van der Waals surface area (Å²) in [6.07, 6.45) is 4.48. The number of fused-ring (bicyclic) bond motifs is 1. The molecule has 0 saturated heterocycles. The predicted molar refractivity (Wildman–Crippen MR) is 108 cm³/mol. The number of nitrogens with zero attached hydrogens (tertiary/aromatic N) is 3. The Labute approximate surface area is 157 Å². The lowest BCUT2D eigenvalue weighted by molar-refractivity contribution is 1.14. The van der Waals surface area contributed by atoms with Crippen LogP contribution in [0.3, 0.4) is 0 Å². The van der Waals surface area contributed by atoms with Crippen molar-refractivity contribution in [3.8, 4) is 0 Å². The molecule has 2 heterocycles. The highest BCUT2D eigenvalue weighted by atomic mass is 35.5. The number of rotatable bonds is 3. The fourth-order valence-electron chi connectivity index (χ4n) is 2.78. The van der Waals surface area contributed by atoms with Gasteiger partial charge in [-0.05, 0) is 60.5 Å². The number of anilines is 1. The van der Waals surface area contributed by atoms with E-state index in [1.54, 1.807) is 12.4 Å². The van der Waals surface area contributed by atoms with Crippen LogP contribution in [0.4, 0.5) is 11.4 Å². The second-order valence-corrected chi connectivity index (χ2v) is 6.41. The first-order valence-electron chi connectivity index (χ1n) is 8.46. The van der Waals surface area contributed by atoms with Gasteiger partial charge in [0, 0.05) is 28.5 Å². The fourth-order valence-corrected chi connectivity index (χ4v) is 2.90. The Hall–Kier alpha value is -2.98. The summed E-state index contributed by atoms with van der Waals surface area (Å²) < 4.78 is 0. The van der Waals surface area contributed by atoms with Gasteiger partial charge in [0.15, 0.2) is 5.84 Å². The quantitative estimate of drug-likeness (QED) is 0.693. The van der Waals surface area contributed by atoms with E-state index in [0.717, 1.165) is 34.8 Å². The lowest BCUT2D eigenvalue weighted by Crippen LogP contribution is -2.15. The molecule has 4 rings (SSSR count). The third kappa shape index (κ3) is 3.37. The molecular formula is C21H17ClN4. The van der Waals surface area contributed by atoms with E-state index in [2.05, 4.69) is 29.4 Å². The summed E-state index contributed by atoms with van der Waals surface area (Å²) in [7, 11) is 0. The third-order valence-electron chi connectivity index (χ3n) is 4.22. The molecule has 0 saturated carbocycles. The topological polar surface area (TPSA) is 49.6 Å². The average Bonchev–Trinajstić information content (AvgIpc) is 2.88. The molecule has 1 aliphatic heterocycles. The number of aryl methyl sites for hydroxylation is 1. The Balaban J connectivity index is 1.88. The number of benzene rings is 2. The van der Waals surface area contributed by atoms with Crippen LogP contribution in [0.25, 0.3) is 0 Å². The van der Waals surface area contributed by atoms with Crippen LogP contribution in [-0.2, 0) is 6.42 Å². The molecule has 0 spiro atoms. The number of aromatic nitrogens is 1. The zero-order valence-corrected chi connectivity index (χ0v) is 15.0. The van der Waals surface area contributed by atoms with Gasteiger partial charge in [-0.1, -0.05) is 24.6 Å². The molecule has 1 N–H and O–H groups in total. The van der Waals surface area contributed by atoms with Crippen molar-refractivity contribution in [2.75, 3.05) is 5.32 Å². The molecule has 5 heteroatoms. The number of halogens is 1. The van der Waals surface area contributed by atoms with Crippen molar-refractivity contribution in [2.24, 2.45) is 9.98 Å². The normalized spacial score (nSPS) is 13.2. The van der Waals surface area contributed by atoms with Crippen molar-refractivity contribution in [3.05, 3.63) is 88.7 Å². The van der Waals surface area contributed by atoms with Crippen LogP contribution in [0.2, 0.25) is 5.02 Å².